The van der Waals surface area contributed by atoms with Crippen molar-refractivity contribution in [3.05, 3.63) is 58.9 Å². The lowest BCUT2D eigenvalue weighted by atomic mass is 10.4. The van der Waals surface area contributed by atoms with Crippen LogP contribution in [0.2, 0.25) is 0 Å². The topological polar surface area (TPSA) is 100.0 Å². The molecule has 2 heterocycles. The lowest BCUT2D eigenvalue weighted by Crippen LogP contribution is -2.31. The summed E-state index contributed by atoms with van der Waals surface area (Å²) in [6.45, 7) is 0.271. The van der Waals surface area contributed by atoms with Gasteiger partial charge < -0.3 is 5.73 Å². The van der Waals surface area contributed by atoms with Crippen molar-refractivity contribution in [1.82, 2.24) is 13.5 Å². The number of pyridine rings is 1. The number of rotatable bonds is 4. The van der Waals surface area contributed by atoms with Crippen molar-refractivity contribution in [2.24, 2.45) is 5.73 Å². The minimum absolute atomic E-state index is 0.121. The summed E-state index contributed by atoms with van der Waals surface area (Å²) in [5.41, 5.74) is 5.02. The third-order valence-electron chi connectivity index (χ3n) is 3.33. The zero-order chi connectivity index (χ0) is 16.6. The van der Waals surface area contributed by atoms with Gasteiger partial charge in [-0.15, -0.1) is 0 Å². The van der Waals surface area contributed by atoms with Gasteiger partial charge in [0.15, 0.2) is 5.65 Å². The van der Waals surface area contributed by atoms with Crippen molar-refractivity contribution in [1.29, 1.82) is 0 Å². The Morgan fingerprint density at radius 2 is 2.00 bits per heavy atom. The molecule has 0 aliphatic rings. The Kier molecular flexibility index (Phi) is 3.74. The smallest absolute Gasteiger partial charge is 0.329 e. The van der Waals surface area contributed by atoms with Crippen LogP contribution in [0, 0.1) is 5.82 Å². The van der Waals surface area contributed by atoms with E-state index in [-0.39, 0.29) is 29.1 Å². The molecule has 0 bridgehead atoms. The highest BCUT2D eigenvalue weighted by Crippen LogP contribution is 2.18. The van der Waals surface area contributed by atoms with Gasteiger partial charge in [-0.05, 0) is 30.3 Å². The molecular formula is C14H13FN4O3S. The first-order valence-electron chi connectivity index (χ1n) is 6.74. The van der Waals surface area contributed by atoms with E-state index < -0.39 is 21.5 Å². The van der Waals surface area contributed by atoms with Crippen LogP contribution in [0.3, 0.4) is 0 Å². The van der Waals surface area contributed by atoms with Gasteiger partial charge in [-0.1, -0.05) is 6.07 Å². The van der Waals surface area contributed by atoms with Crippen LogP contribution in [0.15, 0.2) is 52.3 Å². The molecule has 0 radical (unpaired) electrons. The Hall–Kier alpha value is -2.52. The average molecular weight is 336 g/mol. The minimum atomic E-state index is -4.25. The maximum absolute atomic E-state index is 13.4. The number of nitrogens with zero attached hydrogens (tertiary/aromatic N) is 3. The second kappa shape index (κ2) is 5.60. The van der Waals surface area contributed by atoms with E-state index in [0.29, 0.717) is 3.97 Å². The Morgan fingerprint density at radius 3 is 2.70 bits per heavy atom. The standard InChI is InChI=1S/C14H13FN4O3S/c15-10-3-1-4-11(9-10)23(21,22)19-12-5-2-7-17-13(12)18(8-6-16)14(19)20/h1-5,7,9H,6,8,16H2. The highest BCUT2D eigenvalue weighted by molar-refractivity contribution is 7.90. The average Bonchev–Trinajstić information content (AvgIpc) is 2.81. The summed E-state index contributed by atoms with van der Waals surface area (Å²) in [4.78, 5) is 16.3. The Bertz CT molecular complexity index is 1040. The molecule has 120 valence electrons. The Balaban J connectivity index is 2.36. The Labute approximate surface area is 130 Å². The van der Waals surface area contributed by atoms with Crippen molar-refractivity contribution in [3.63, 3.8) is 0 Å². The van der Waals surface area contributed by atoms with E-state index in [4.69, 9.17) is 5.73 Å². The van der Waals surface area contributed by atoms with Crippen molar-refractivity contribution in [2.45, 2.75) is 11.4 Å². The molecule has 0 amide bonds. The van der Waals surface area contributed by atoms with Gasteiger partial charge in [0.2, 0.25) is 0 Å². The third kappa shape index (κ3) is 2.43. The van der Waals surface area contributed by atoms with Gasteiger partial charge >= 0.3 is 5.69 Å². The van der Waals surface area contributed by atoms with Gasteiger partial charge in [0, 0.05) is 19.3 Å². The molecule has 0 unspecified atom stereocenters. The number of hydrogen-bond acceptors (Lipinski definition) is 5. The monoisotopic (exact) mass is 336 g/mol. The molecule has 0 spiro atoms. The van der Waals surface area contributed by atoms with E-state index in [0.717, 1.165) is 12.1 Å². The molecule has 9 heteroatoms. The molecule has 23 heavy (non-hydrogen) atoms. The first kappa shape index (κ1) is 15.4. The summed E-state index contributed by atoms with van der Waals surface area (Å²) in [6.07, 6.45) is 1.45. The van der Waals surface area contributed by atoms with Crippen LogP contribution in [-0.2, 0) is 16.6 Å². The summed E-state index contributed by atoms with van der Waals surface area (Å²) in [5, 5.41) is 0. The molecule has 2 aromatic heterocycles. The molecule has 3 aromatic rings. The fourth-order valence-electron chi connectivity index (χ4n) is 2.35. The summed E-state index contributed by atoms with van der Waals surface area (Å²) in [6, 6.07) is 7.48. The molecule has 2 N–H and O–H groups in total. The number of hydrogen-bond donors (Lipinski definition) is 1. The van der Waals surface area contributed by atoms with E-state index in [1.807, 2.05) is 0 Å². The number of nitrogens with two attached hydrogens (primary N) is 1. The maximum Gasteiger partial charge on any atom is 0.344 e. The minimum Gasteiger partial charge on any atom is -0.329 e. The van der Waals surface area contributed by atoms with Crippen LogP contribution in [0.1, 0.15) is 0 Å². The summed E-state index contributed by atoms with van der Waals surface area (Å²) >= 11 is 0. The third-order valence-corrected chi connectivity index (χ3v) is 5.02. The molecule has 0 aliphatic carbocycles. The first-order chi connectivity index (χ1) is 11.0. The number of benzene rings is 1. The zero-order valence-electron chi connectivity index (χ0n) is 11.9. The van der Waals surface area contributed by atoms with Gasteiger partial charge in [-0.2, -0.15) is 3.97 Å². The van der Waals surface area contributed by atoms with E-state index in [1.165, 1.54) is 35.0 Å². The van der Waals surface area contributed by atoms with Gasteiger partial charge in [-0.25, -0.2) is 22.6 Å². The van der Waals surface area contributed by atoms with Gasteiger partial charge in [0.1, 0.15) is 11.3 Å². The highest BCUT2D eigenvalue weighted by atomic mass is 32.2. The van der Waals surface area contributed by atoms with Crippen LogP contribution in [-0.4, -0.2) is 28.5 Å². The van der Waals surface area contributed by atoms with Crippen LogP contribution >= 0.6 is 0 Å². The molecule has 0 saturated heterocycles. The summed E-state index contributed by atoms with van der Waals surface area (Å²) in [7, 11) is -4.25. The van der Waals surface area contributed by atoms with E-state index in [1.54, 1.807) is 0 Å². The van der Waals surface area contributed by atoms with Crippen LogP contribution in [0.4, 0.5) is 4.39 Å². The summed E-state index contributed by atoms with van der Waals surface area (Å²) in [5.74, 6) is -0.706. The van der Waals surface area contributed by atoms with E-state index in [9.17, 15) is 17.6 Å². The SMILES string of the molecule is NCCn1c(=O)n(S(=O)(=O)c2cccc(F)c2)c2cccnc21. The van der Waals surface area contributed by atoms with Crippen LogP contribution in [0.5, 0.6) is 0 Å². The van der Waals surface area contributed by atoms with E-state index in [2.05, 4.69) is 4.98 Å². The van der Waals surface area contributed by atoms with Crippen molar-refractivity contribution < 1.29 is 12.8 Å². The van der Waals surface area contributed by atoms with Gasteiger partial charge in [-0.3, -0.25) is 4.57 Å². The fraction of sp³-hybridized carbons (Fsp3) is 0.143. The molecule has 7 nitrogen and oxygen atoms in total. The quantitative estimate of drug-likeness (QED) is 0.749. The molecule has 1 aromatic carbocycles. The largest absolute Gasteiger partial charge is 0.344 e. The normalized spacial score (nSPS) is 11.9. The van der Waals surface area contributed by atoms with Crippen molar-refractivity contribution in [2.75, 3.05) is 6.54 Å². The van der Waals surface area contributed by atoms with Crippen molar-refractivity contribution in [3.8, 4) is 0 Å². The number of fused-ring (bicyclic) bond motifs is 1. The number of aromatic nitrogens is 3. The molecule has 0 atom stereocenters. The lowest BCUT2D eigenvalue weighted by molar-refractivity contribution is 0.579. The second-order valence-electron chi connectivity index (χ2n) is 4.80. The maximum atomic E-state index is 13.4. The predicted molar refractivity (Wildman–Crippen MR) is 82.0 cm³/mol. The molecule has 3 rings (SSSR count). The highest BCUT2D eigenvalue weighted by Gasteiger charge is 2.25. The molecule has 0 aliphatic heterocycles. The van der Waals surface area contributed by atoms with Crippen LogP contribution < -0.4 is 11.4 Å². The number of imidazole rings is 1. The molecule has 0 saturated carbocycles. The second-order valence-corrected chi connectivity index (χ2v) is 6.58. The van der Waals surface area contributed by atoms with Gasteiger partial charge in [0.25, 0.3) is 10.0 Å². The zero-order valence-corrected chi connectivity index (χ0v) is 12.7. The number of halogens is 1. The van der Waals surface area contributed by atoms with Crippen molar-refractivity contribution >= 4 is 21.2 Å². The van der Waals surface area contributed by atoms with Crippen LogP contribution in [0.25, 0.3) is 11.2 Å². The molecule has 0 fully saturated rings. The first-order valence-corrected chi connectivity index (χ1v) is 8.18. The lowest BCUT2D eigenvalue weighted by Gasteiger charge is -2.05. The predicted octanol–water partition coefficient (Wildman–Crippen LogP) is 0.533. The Morgan fingerprint density at radius 1 is 1.22 bits per heavy atom. The summed E-state index contributed by atoms with van der Waals surface area (Å²) < 4.78 is 40.7. The van der Waals surface area contributed by atoms with Gasteiger partial charge in [0.05, 0.1) is 4.90 Å². The molecular weight excluding hydrogens is 323 g/mol. The van der Waals surface area contributed by atoms with E-state index >= 15 is 0 Å². The fourth-order valence-corrected chi connectivity index (χ4v) is 3.78.